The van der Waals surface area contributed by atoms with Gasteiger partial charge < -0.3 is 24.6 Å². The molecule has 0 spiro atoms. The zero-order valence-electron chi connectivity index (χ0n) is 12.8. The molecule has 0 saturated carbocycles. The van der Waals surface area contributed by atoms with E-state index in [-0.39, 0.29) is 19.1 Å². The molecule has 6 nitrogen and oxygen atoms in total. The second kappa shape index (κ2) is 7.47. The third kappa shape index (κ3) is 4.35. The summed E-state index contributed by atoms with van der Waals surface area (Å²) in [4.78, 5) is 13.9. The number of likely N-dealkylation sites (tertiary alicyclic amines) is 1. The zero-order valence-corrected chi connectivity index (χ0v) is 12.8. The summed E-state index contributed by atoms with van der Waals surface area (Å²) in [6.45, 7) is 0.681. The fraction of sp³-hybridized carbons (Fsp3) is 0.562. The number of carbonyl (C=O) groups is 1. The first-order valence-electron chi connectivity index (χ1n) is 7.44. The minimum Gasteiger partial charge on any atom is -0.497 e. The van der Waals surface area contributed by atoms with Gasteiger partial charge in [0.25, 0.3) is 5.91 Å². The van der Waals surface area contributed by atoms with Crippen LogP contribution in [0, 0.1) is 0 Å². The minimum atomic E-state index is -1.07. The van der Waals surface area contributed by atoms with E-state index in [9.17, 15) is 15.0 Å². The molecule has 1 amide bonds. The SMILES string of the molecule is COc1cccc(OCC(=O)N2CCC[C@@](O)(CO)CC2)c1. The van der Waals surface area contributed by atoms with Crippen LogP contribution in [0.4, 0.5) is 0 Å². The van der Waals surface area contributed by atoms with Crippen molar-refractivity contribution in [3.63, 3.8) is 0 Å². The zero-order chi connectivity index (χ0) is 16.0. The Kier molecular flexibility index (Phi) is 5.63. The van der Waals surface area contributed by atoms with Crippen LogP contribution in [0.2, 0.25) is 0 Å². The molecule has 6 heteroatoms. The molecule has 1 atom stereocenters. The van der Waals surface area contributed by atoms with Gasteiger partial charge in [-0.05, 0) is 31.4 Å². The lowest BCUT2D eigenvalue weighted by Crippen LogP contribution is -2.38. The fourth-order valence-corrected chi connectivity index (χ4v) is 2.51. The minimum absolute atomic E-state index is 0.0509. The standard InChI is InChI=1S/C16H23NO5/c1-21-13-4-2-5-14(10-13)22-11-15(19)17-8-3-6-16(20,12-18)7-9-17/h2,4-5,10,18,20H,3,6-9,11-12H2,1H3/t16-/m0/s1. The average molecular weight is 309 g/mol. The van der Waals surface area contributed by atoms with E-state index in [1.165, 1.54) is 0 Å². The number of aliphatic hydroxyl groups excluding tert-OH is 1. The van der Waals surface area contributed by atoms with Gasteiger partial charge in [-0.1, -0.05) is 6.07 Å². The number of hydrogen-bond donors (Lipinski definition) is 2. The summed E-state index contributed by atoms with van der Waals surface area (Å²) >= 11 is 0. The highest BCUT2D eigenvalue weighted by molar-refractivity contribution is 5.77. The van der Waals surface area contributed by atoms with Crippen LogP contribution in [0.3, 0.4) is 0 Å². The molecular formula is C16H23NO5. The van der Waals surface area contributed by atoms with Crippen molar-refractivity contribution in [3.05, 3.63) is 24.3 Å². The number of benzene rings is 1. The lowest BCUT2D eigenvalue weighted by atomic mass is 9.96. The van der Waals surface area contributed by atoms with E-state index in [0.29, 0.717) is 43.9 Å². The van der Waals surface area contributed by atoms with Crippen molar-refractivity contribution in [3.8, 4) is 11.5 Å². The summed E-state index contributed by atoms with van der Waals surface area (Å²) in [5, 5.41) is 19.3. The Morgan fingerprint density at radius 1 is 1.32 bits per heavy atom. The summed E-state index contributed by atoms with van der Waals surface area (Å²) in [5.74, 6) is 1.13. The molecule has 0 unspecified atom stereocenters. The summed E-state index contributed by atoms with van der Waals surface area (Å²) in [5.41, 5.74) is -1.07. The normalized spacial score (nSPS) is 22.0. The fourth-order valence-electron chi connectivity index (χ4n) is 2.51. The quantitative estimate of drug-likeness (QED) is 0.841. The Hall–Kier alpha value is -1.79. The maximum absolute atomic E-state index is 12.2. The topological polar surface area (TPSA) is 79.2 Å². The first-order chi connectivity index (χ1) is 10.6. The second-order valence-electron chi connectivity index (χ2n) is 5.58. The van der Waals surface area contributed by atoms with Crippen molar-refractivity contribution >= 4 is 5.91 Å². The van der Waals surface area contributed by atoms with Crippen molar-refractivity contribution in [2.75, 3.05) is 33.4 Å². The lowest BCUT2D eigenvalue weighted by molar-refractivity contribution is -0.133. The molecule has 0 radical (unpaired) electrons. The van der Waals surface area contributed by atoms with Crippen LogP contribution in [-0.4, -0.2) is 60.0 Å². The highest BCUT2D eigenvalue weighted by atomic mass is 16.5. The first kappa shape index (κ1) is 16.6. The van der Waals surface area contributed by atoms with Crippen molar-refractivity contribution in [2.24, 2.45) is 0 Å². The van der Waals surface area contributed by atoms with E-state index in [4.69, 9.17) is 9.47 Å². The maximum Gasteiger partial charge on any atom is 0.260 e. The molecule has 1 aromatic rings. The molecule has 1 aromatic carbocycles. The van der Waals surface area contributed by atoms with Gasteiger partial charge in [0.05, 0.1) is 19.3 Å². The Balaban J connectivity index is 1.86. The number of methoxy groups -OCH3 is 1. The van der Waals surface area contributed by atoms with Gasteiger partial charge in [0.2, 0.25) is 0 Å². The molecule has 1 saturated heterocycles. The lowest BCUT2D eigenvalue weighted by Gasteiger charge is -2.24. The van der Waals surface area contributed by atoms with E-state index < -0.39 is 5.60 Å². The number of ether oxygens (including phenoxy) is 2. The van der Waals surface area contributed by atoms with Crippen LogP contribution < -0.4 is 9.47 Å². The number of amides is 1. The molecule has 0 aliphatic carbocycles. The van der Waals surface area contributed by atoms with Gasteiger partial charge in [-0.2, -0.15) is 0 Å². The number of carbonyl (C=O) groups excluding carboxylic acids is 1. The molecule has 1 aliphatic rings. The second-order valence-corrected chi connectivity index (χ2v) is 5.58. The summed E-state index contributed by atoms with van der Waals surface area (Å²) in [6, 6.07) is 7.09. The van der Waals surface area contributed by atoms with Gasteiger partial charge in [-0.25, -0.2) is 0 Å². The maximum atomic E-state index is 12.2. The van der Waals surface area contributed by atoms with E-state index in [1.54, 1.807) is 36.3 Å². The number of nitrogens with zero attached hydrogens (tertiary/aromatic N) is 1. The van der Waals surface area contributed by atoms with E-state index in [2.05, 4.69) is 0 Å². The van der Waals surface area contributed by atoms with Gasteiger partial charge in [0, 0.05) is 19.2 Å². The average Bonchev–Trinajstić information content (AvgIpc) is 2.75. The number of aliphatic hydroxyl groups is 2. The van der Waals surface area contributed by atoms with Crippen LogP contribution in [0.15, 0.2) is 24.3 Å². The molecule has 122 valence electrons. The third-order valence-corrected chi connectivity index (χ3v) is 3.97. The first-order valence-corrected chi connectivity index (χ1v) is 7.44. The molecule has 0 bridgehead atoms. The predicted molar refractivity (Wildman–Crippen MR) is 81.0 cm³/mol. The Morgan fingerprint density at radius 2 is 2.09 bits per heavy atom. The number of hydrogen-bond acceptors (Lipinski definition) is 5. The molecule has 1 fully saturated rings. The largest absolute Gasteiger partial charge is 0.497 e. The molecular weight excluding hydrogens is 286 g/mol. The molecule has 1 heterocycles. The Morgan fingerprint density at radius 3 is 2.82 bits per heavy atom. The monoisotopic (exact) mass is 309 g/mol. The molecule has 2 N–H and O–H groups in total. The highest BCUT2D eigenvalue weighted by Crippen LogP contribution is 2.22. The third-order valence-electron chi connectivity index (χ3n) is 3.97. The van der Waals surface area contributed by atoms with E-state index in [1.807, 2.05) is 0 Å². The molecule has 22 heavy (non-hydrogen) atoms. The van der Waals surface area contributed by atoms with Gasteiger partial charge in [-0.3, -0.25) is 4.79 Å². The van der Waals surface area contributed by atoms with E-state index in [0.717, 1.165) is 0 Å². The van der Waals surface area contributed by atoms with Gasteiger partial charge in [0.1, 0.15) is 11.5 Å². The predicted octanol–water partition coefficient (Wildman–Crippen LogP) is 0.810. The summed E-state index contributed by atoms with van der Waals surface area (Å²) in [7, 11) is 1.57. The van der Waals surface area contributed by atoms with Crippen molar-refractivity contribution in [2.45, 2.75) is 24.9 Å². The van der Waals surface area contributed by atoms with Crippen LogP contribution in [-0.2, 0) is 4.79 Å². The van der Waals surface area contributed by atoms with Crippen LogP contribution in [0.1, 0.15) is 19.3 Å². The molecule has 0 aromatic heterocycles. The van der Waals surface area contributed by atoms with E-state index >= 15 is 0 Å². The van der Waals surface area contributed by atoms with Crippen LogP contribution in [0.5, 0.6) is 11.5 Å². The van der Waals surface area contributed by atoms with Crippen molar-refractivity contribution in [1.29, 1.82) is 0 Å². The molecule has 2 rings (SSSR count). The van der Waals surface area contributed by atoms with Gasteiger partial charge in [-0.15, -0.1) is 0 Å². The van der Waals surface area contributed by atoms with Crippen LogP contribution >= 0.6 is 0 Å². The summed E-state index contributed by atoms with van der Waals surface area (Å²) in [6.07, 6.45) is 1.56. The van der Waals surface area contributed by atoms with Crippen molar-refractivity contribution in [1.82, 2.24) is 4.90 Å². The molecule has 1 aliphatic heterocycles. The highest BCUT2D eigenvalue weighted by Gasteiger charge is 2.30. The number of rotatable bonds is 5. The van der Waals surface area contributed by atoms with Gasteiger partial charge >= 0.3 is 0 Å². The van der Waals surface area contributed by atoms with Crippen LogP contribution in [0.25, 0.3) is 0 Å². The Labute approximate surface area is 130 Å². The summed E-state index contributed by atoms with van der Waals surface area (Å²) < 4.78 is 10.6. The van der Waals surface area contributed by atoms with Crippen molar-refractivity contribution < 1.29 is 24.5 Å². The Bertz CT molecular complexity index is 507. The smallest absolute Gasteiger partial charge is 0.260 e. The van der Waals surface area contributed by atoms with Gasteiger partial charge in [0.15, 0.2) is 6.61 Å².